The van der Waals surface area contributed by atoms with Crippen LogP contribution in [0.25, 0.3) is 0 Å². The summed E-state index contributed by atoms with van der Waals surface area (Å²) < 4.78 is 27.0. The van der Waals surface area contributed by atoms with E-state index >= 15 is 0 Å². The van der Waals surface area contributed by atoms with Crippen molar-refractivity contribution in [3.05, 3.63) is 132 Å². The van der Waals surface area contributed by atoms with E-state index in [1.165, 1.54) is 0 Å². The predicted molar refractivity (Wildman–Crippen MR) is 212 cm³/mol. The summed E-state index contributed by atoms with van der Waals surface area (Å²) in [7, 11) is -3.06. The number of benzene rings is 4. The van der Waals surface area contributed by atoms with Gasteiger partial charge in [0.25, 0.3) is 8.32 Å². The molecule has 2 heterocycles. The molecular formula is C45H55NO6Si. The fraction of sp³-hybridized carbons (Fsp3) is 0.422. The Morgan fingerprint density at radius 3 is 1.79 bits per heavy atom. The van der Waals surface area contributed by atoms with Crippen molar-refractivity contribution in [3.63, 3.8) is 0 Å². The van der Waals surface area contributed by atoms with E-state index in [4.69, 9.17) is 18.6 Å². The van der Waals surface area contributed by atoms with Crippen LogP contribution in [0.3, 0.4) is 0 Å². The Balaban J connectivity index is 1.45. The van der Waals surface area contributed by atoms with Gasteiger partial charge in [-0.15, -0.1) is 0 Å². The molecule has 6 rings (SSSR count). The van der Waals surface area contributed by atoms with Gasteiger partial charge in [-0.2, -0.15) is 0 Å². The van der Waals surface area contributed by atoms with Gasteiger partial charge < -0.3 is 18.6 Å². The molecule has 1 amide bonds. The molecule has 8 heteroatoms. The fourth-order valence-electron chi connectivity index (χ4n) is 7.94. The van der Waals surface area contributed by atoms with E-state index < -0.39 is 38.4 Å². The first-order valence-corrected chi connectivity index (χ1v) is 20.9. The molecule has 0 unspecified atom stereocenters. The molecule has 2 saturated heterocycles. The average molecular weight is 734 g/mol. The molecule has 53 heavy (non-hydrogen) atoms. The van der Waals surface area contributed by atoms with Crippen molar-refractivity contribution >= 4 is 30.6 Å². The normalized spacial score (nSPS) is 21.5. The number of ketones is 1. The third-order valence-corrected chi connectivity index (χ3v) is 15.8. The molecule has 2 aliphatic rings. The number of nitrogens with zero attached hydrogens (tertiary/aromatic N) is 1. The number of carbonyl (C=O) groups is 2. The average Bonchev–Trinajstić information content (AvgIpc) is 3.16. The third kappa shape index (κ3) is 8.84. The van der Waals surface area contributed by atoms with E-state index in [-0.39, 0.29) is 29.3 Å². The summed E-state index contributed by atoms with van der Waals surface area (Å²) in [6.07, 6.45) is 0.851. The van der Waals surface area contributed by atoms with Gasteiger partial charge in [0.15, 0.2) is 11.6 Å². The Labute approximate surface area is 316 Å². The minimum absolute atomic E-state index is 0.0142. The van der Waals surface area contributed by atoms with Gasteiger partial charge in [0, 0.05) is 29.9 Å². The van der Waals surface area contributed by atoms with Crippen LogP contribution in [0.1, 0.15) is 83.1 Å². The number of rotatable bonds is 11. The Kier molecular flexibility index (Phi) is 11.7. The summed E-state index contributed by atoms with van der Waals surface area (Å²) >= 11 is 0. The fourth-order valence-corrected chi connectivity index (χ4v) is 12.7. The smallest absolute Gasteiger partial charge is 0.410 e. The van der Waals surface area contributed by atoms with Crippen molar-refractivity contribution in [2.45, 2.75) is 103 Å². The van der Waals surface area contributed by atoms with Gasteiger partial charge in [0.05, 0.1) is 25.4 Å². The number of carbonyl (C=O) groups excluding carboxylic acids is 2. The lowest BCUT2D eigenvalue weighted by Crippen LogP contribution is -2.70. The Morgan fingerprint density at radius 1 is 0.755 bits per heavy atom. The molecule has 280 valence electrons. The van der Waals surface area contributed by atoms with Crippen LogP contribution in [0, 0.1) is 5.41 Å². The van der Waals surface area contributed by atoms with Gasteiger partial charge >= 0.3 is 6.09 Å². The molecule has 3 atom stereocenters. The van der Waals surface area contributed by atoms with E-state index in [0.717, 1.165) is 15.9 Å². The molecule has 2 fully saturated rings. The highest BCUT2D eigenvalue weighted by atomic mass is 28.4. The minimum Gasteiger partial charge on any atom is -0.445 e. The van der Waals surface area contributed by atoms with Crippen LogP contribution in [-0.4, -0.2) is 62.3 Å². The van der Waals surface area contributed by atoms with Gasteiger partial charge in [-0.25, -0.2) is 4.79 Å². The van der Waals surface area contributed by atoms with Crippen LogP contribution >= 0.6 is 0 Å². The van der Waals surface area contributed by atoms with Gasteiger partial charge in [-0.05, 0) is 40.7 Å². The molecule has 0 saturated carbocycles. The number of hydrogen-bond acceptors (Lipinski definition) is 6. The highest BCUT2D eigenvalue weighted by molar-refractivity contribution is 6.99. The van der Waals surface area contributed by atoms with E-state index in [2.05, 4.69) is 83.1 Å². The highest BCUT2D eigenvalue weighted by Gasteiger charge is 2.55. The summed E-state index contributed by atoms with van der Waals surface area (Å²) in [5.41, 5.74) is 1.37. The van der Waals surface area contributed by atoms with Gasteiger partial charge in [-0.3, -0.25) is 9.69 Å². The van der Waals surface area contributed by atoms with Crippen molar-refractivity contribution < 1.29 is 28.2 Å². The van der Waals surface area contributed by atoms with Crippen LogP contribution in [0.5, 0.6) is 0 Å². The van der Waals surface area contributed by atoms with Crippen LogP contribution < -0.4 is 10.4 Å². The van der Waals surface area contributed by atoms with Crippen molar-refractivity contribution in [3.8, 4) is 0 Å². The van der Waals surface area contributed by atoms with E-state index in [1.807, 2.05) is 84.6 Å². The molecule has 0 spiro atoms. The Hall–Kier alpha value is -4.08. The number of likely N-dealkylation sites (tertiary alicyclic amines) is 1. The van der Waals surface area contributed by atoms with E-state index in [0.29, 0.717) is 38.0 Å². The second-order valence-corrected chi connectivity index (χ2v) is 20.9. The van der Waals surface area contributed by atoms with Gasteiger partial charge in [-0.1, -0.05) is 156 Å². The Bertz CT molecular complexity index is 1750. The largest absolute Gasteiger partial charge is 0.445 e. The second kappa shape index (κ2) is 16.1. The zero-order chi connectivity index (χ0) is 37.7. The molecule has 0 N–H and O–H groups in total. The van der Waals surface area contributed by atoms with Crippen molar-refractivity contribution in [1.29, 1.82) is 0 Å². The number of Topliss-reactive ketones (excluding diaryl/α,β-unsaturated/α-hetero) is 1. The highest BCUT2D eigenvalue weighted by Crippen LogP contribution is 2.43. The lowest BCUT2D eigenvalue weighted by molar-refractivity contribution is -0.298. The molecule has 0 aromatic heterocycles. The topological polar surface area (TPSA) is 74.3 Å². The number of hydrogen-bond donors (Lipinski definition) is 0. The first kappa shape index (κ1) is 38.6. The monoisotopic (exact) mass is 733 g/mol. The molecule has 2 aliphatic heterocycles. The third-order valence-electron chi connectivity index (χ3n) is 10.8. The molecule has 4 aromatic carbocycles. The maximum atomic E-state index is 14.7. The summed E-state index contributed by atoms with van der Waals surface area (Å²) in [5.74, 6) is -1.00. The predicted octanol–water partition coefficient (Wildman–Crippen LogP) is 8.55. The SMILES string of the molecule is CC1(C)COC(C)(C[C@H]2[C@@H](O[Si](c3ccccc3)(c3ccccc3)C(C)(C)C)CC[C@@H](CC(=O)c3ccccc3)N2C(=O)OCc2ccccc2)OC1. The van der Waals surface area contributed by atoms with Crippen molar-refractivity contribution in [1.82, 2.24) is 4.90 Å². The minimum atomic E-state index is -3.06. The first-order valence-electron chi connectivity index (χ1n) is 18.9. The molecule has 7 nitrogen and oxygen atoms in total. The number of amides is 1. The van der Waals surface area contributed by atoms with E-state index in [1.54, 1.807) is 0 Å². The molecule has 0 bridgehead atoms. The standard InChI is InChI=1S/C45H55NO6Si/c1-43(2,3)53(37-23-15-9-16-24-37,38-25-17-10-18-26-38)52-41-28-27-36(29-40(47)35-21-13-8-14-22-35)46(42(48)49-31-34-19-11-7-12-20-34)39(41)30-45(6)50-32-44(4,5)33-51-45/h7-26,36,39,41H,27-33H2,1-6H3/t36-,39-,41-/m0/s1. The van der Waals surface area contributed by atoms with E-state index in [9.17, 15) is 9.59 Å². The van der Waals surface area contributed by atoms with Crippen LogP contribution in [-0.2, 0) is 25.2 Å². The zero-order valence-electron chi connectivity index (χ0n) is 32.1. The number of ether oxygens (including phenoxy) is 3. The van der Waals surface area contributed by atoms with Crippen molar-refractivity contribution in [2.75, 3.05) is 13.2 Å². The van der Waals surface area contributed by atoms with Crippen LogP contribution in [0.15, 0.2) is 121 Å². The maximum absolute atomic E-state index is 14.7. The Morgan fingerprint density at radius 2 is 1.26 bits per heavy atom. The van der Waals surface area contributed by atoms with Crippen LogP contribution in [0.4, 0.5) is 4.79 Å². The summed E-state index contributed by atoms with van der Waals surface area (Å²) in [6, 6.07) is 39.2. The zero-order valence-corrected chi connectivity index (χ0v) is 33.1. The second-order valence-electron chi connectivity index (χ2n) is 16.6. The molecule has 4 aromatic rings. The first-order chi connectivity index (χ1) is 25.3. The molecule has 0 aliphatic carbocycles. The lowest BCUT2D eigenvalue weighted by Gasteiger charge is -2.53. The number of piperidine rings is 1. The quantitative estimate of drug-likeness (QED) is 0.114. The summed E-state index contributed by atoms with van der Waals surface area (Å²) in [5, 5.41) is 2.04. The van der Waals surface area contributed by atoms with Crippen molar-refractivity contribution in [2.24, 2.45) is 5.41 Å². The summed E-state index contributed by atoms with van der Waals surface area (Å²) in [4.78, 5) is 30.3. The van der Waals surface area contributed by atoms with Gasteiger partial charge in [0.2, 0.25) is 0 Å². The van der Waals surface area contributed by atoms with Gasteiger partial charge in [0.1, 0.15) is 6.61 Å². The molecular weight excluding hydrogens is 679 g/mol. The lowest BCUT2D eigenvalue weighted by atomic mass is 9.86. The summed E-state index contributed by atoms with van der Waals surface area (Å²) in [6.45, 7) is 14.2. The maximum Gasteiger partial charge on any atom is 0.410 e. The molecule has 0 radical (unpaired) electrons. The van der Waals surface area contributed by atoms with Crippen LogP contribution in [0.2, 0.25) is 5.04 Å².